The summed E-state index contributed by atoms with van der Waals surface area (Å²) in [6.07, 6.45) is 13.0. The average Bonchev–Trinajstić information content (AvgIpc) is 3.23. The number of carbonyl (C=O) groups excluding carboxylic acids is 2. The van der Waals surface area contributed by atoms with Crippen molar-refractivity contribution in [2.45, 2.75) is 52.4 Å². The van der Waals surface area contributed by atoms with Crippen LogP contribution in [0.15, 0.2) is 107 Å². The summed E-state index contributed by atoms with van der Waals surface area (Å²) in [4.78, 5) is 25.9. The van der Waals surface area contributed by atoms with Crippen molar-refractivity contribution in [2.24, 2.45) is 0 Å². The van der Waals surface area contributed by atoms with Crippen molar-refractivity contribution >= 4 is 35.9 Å². The number of Topliss-reactive ketones (excluding diaryl/α,β-unsaturated/α-hetero) is 2. The van der Waals surface area contributed by atoms with Crippen LogP contribution in [0.1, 0.15) is 74.6 Å². The van der Waals surface area contributed by atoms with Gasteiger partial charge in [-0.1, -0.05) is 36.4 Å². The van der Waals surface area contributed by atoms with Crippen molar-refractivity contribution < 1.29 is 38.0 Å². The Morgan fingerprint density at radius 1 is 0.429 bits per heavy atom. The SMILES string of the molecule is CCOc1ccc(/C=C2\CCC/C(=C\c3ccc(OC)cc3)C2=O)cc1OC.CCOc1ccc(/C=C2\CCC/C(=C\c3ccc(OC)cc3)C2=O)cc1OC. The van der Waals surface area contributed by atoms with E-state index >= 15 is 0 Å². The van der Waals surface area contributed by atoms with Crippen LogP contribution in [0.25, 0.3) is 24.3 Å². The highest BCUT2D eigenvalue weighted by molar-refractivity contribution is 6.14. The smallest absolute Gasteiger partial charge is 0.185 e. The molecule has 0 bridgehead atoms. The second-order valence-corrected chi connectivity index (χ2v) is 13.3. The quantitative estimate of drug-likeness (QED) is 0.132. The number of ether oxygens (including phenoxy) is 6. The molecule has 2 aliphatic rings. The van der Waals surface area contributed by atoms with Crippen LogP contribution in [0, 0.1) is 0 Å². The minimum Gasteiger partial charge on any atom is -0.497 e. The standard InChI is InChI=1S/2C24H26O4/c2*1-4-28-22-13-10-18(16-23(22)27-3)15-20-7-5-6-19(24(20)25)14-17-8-11-21(26-2)12-9-17/h2*8-16H,4-7H2,1-3H3/b2*19-14+,20-15+. The molecule has 8 nitrogen and oxygen atoms in total. The molecule has 56 heavy (non-hydrogen) atoms. The summed E-state index contributed by atoms with van der Waals surface area (Å²) in [5.41, 5.74) is 7.25. The number of benzene rings is 4. The maximum atomic E-state index is 13.0. The molecule has 0 aliphatic heterocycles. The highest BCUT2D eigenvalue weighted by Crippen LogP contribution is 2.34. The third-order valence-electron chi connectivity index (χ3n) is 9.52. The maximum absolute atomic E-state index is 13.0. The second-order valence-electron chi connectivity index (χ2n) is 13.3. The first-order chi connectivity index (χ1) is 27.3. The fourth-order valence-corrected chi connectivity index (χ4v) is 6.66. The Kier molecular flexibility index (Phi) is 15.1. The number of hydrogen-bond donors (Lipinski definition) is 0. The van der Waals surface area contributed by atoms with Gasteiger partial charge in [0.05, 0.1) is 41.7 Å². The average molecular weight is 757 g/mol. The summed E-state index contributed by atoms with van der Waals surface area (Å²) in [5.74, 6) is 4.63. The van der Waals surface area contributed by atoms with Crippen LogP contribution in [0.3, 0.4) is 0 Å². The van der Waals surface area contributed by atoms with Gasteiger partial charge in [-0.3, -0.25) is 9.59 Å². The molecule has 4 aromatic rings. The monoisotopic (exact) mass is 756 g/mol. The molecule has 6 rings (SSSR count). The van der Waals surface area contributed by atoms with Crippen molar-refractivity contribution in [3.8, 4) is 34.5 Å². The predicted molar refractivity (Wildman–Crippen MR) is 224 cm³/mol. The molecule has 0 spiro atoms. The van der Waals surface area contributed by atoms with E-state index in [2.05, 4.69) is 0 Å². The van der Waals surface area contributed by atoms with Crippen molar-refractivity contribution in [2.75, 3.05) is 41.7 Å². The van der Waals surface area contributed by atoms with Crippen LogP contribution in [-0.2, 0) is 9.59 Å². The zero-order valence-corrected chi connectivity index (χ0v) is 33.3. The normalized spacial score (nSPS) is 17.0. The van der Waals surface area contributed by atoms with E-state index in [-0.39, 0.29) is 11.6 Å². The first-order valence-corrected chi connectivity index (χ1v) is 19.1. The summed E-state index contributed by atoms with van der Waals surface area (Å²) in [7, 11) is 6.53. The molecule has 4 aromatic carbocycles. The van der Waals surface area contributed by atoms with Crippen LogP contribution in [0.5, 0.6) is 34.5 Å². The summed E-state index contributed by atoms with van der Waals surface area (Å²) in [6.45, 7) is 5.03. The van der Waals surface area contributed by atoms with Gasteiger partial charge in [-0.05, 0) is 147 Å². The van der Waals surface area contributed by atoms with E-state index in [9.17, 15) is 9.59 Å². The molecule has 0 aromatic heterocycles. The first kappa shape index (κ1) is 41.1. The van der Waals surface area contributed by atoms with E-state index in [0.717, 1.165) is 94.6 Å². The molecule has 0 unspecified atom stereocenters. The lowest BCUT2D eigenvalue weighted by molar-refractivity contribution is -0.113. The molecular weight excluding hydrogens is 705 g/mol. The Labute approximate surface area is 331 Å². The molecule has 2 aliphatic carbocycles. The van der Waals surface area contributed by atoms with Crippen LogP contribution in [0.2, 0.25) is 0 Å². The molecule has 0 amide bonds. The number of methoxy groups -OCH3 is 4. The van der Waals surface area contributed by atoms with E-state index in [1.807, 2.05) is 123 Å². The lowest BCUT2D eigenvalue weighted by atomic mass is 9.87. The fraction of sp³-hybridized carbons (Fsp3) is 0.292. The molecule has 0 heterocycles. The van der Waals surface area contributed by atoms with Gasteiger partial charge in [0.25, 0.3) is 0 Å². The number of allylic oxidation sites excluding steroid dienone is 4. The Morgan fingerprint density at radius 3 is 1.05 bits per heavy atom. The van der Waals surface area contributed by atoms with Crippen molar-refractivity contribution in [1.29, 1.82) is 0 Å². The van der Waals surface area contributed by atoms with Gasteiger partial charge in [0.2, 0.25) is 0 Å². The van der Waals surface area contributed by atoms with Gasteiger partial charge < -0.3 is 28.4 Å². The van der Waals surface area contributed by atoms with Crippen molar-refractivity contribution in [3.63, 3.8) is 0 Å². The van der Waals surface area contributed by atoms with Gasteiger partial charge in [0.15, 0.2) is 34.6 Å². The molecule has 0 saturated heterocycles. The highest BCUT2D eigenvalue weighted by atomic mass is 16.5. The highest BCUT2D eigenvalue weighted by Gasteiger charge is 2.22. The van der Waals surface area contributed by atoms with Gasteiger partial charge in [0.1, 0.15) is 11.5 Å². The molecule has 292 valence electrons. The number of hydrogen-bond acceptors (Lipinski definition) is 8. The number of ketones is 2. The van der Waals surface area contributed by atoms with Crippen LogP contribution in [0.4, 0.5) is 0 Å². The van der Waals surface area contributed by atoms with E-state index in [4.69, 9.17) is 28.4 Å². The van der Waals surface area contributed by atoms with Crippen molar-refractivity contribution in [3.05, 3.63) is 129 Å². The summed E-state index contributed by atoms with van der Waals surface area (Å²) in [5, 5.41) is 0. The summed E-state index contributed by atoms with van der Waals surface area (Å²) < 4.78 is 32.3. The lowest BCUT2D eigenvalue weighted by Gasteiger charge is -2.17. The zero-order chi connectivity index (χ0) is 39.9. The molecule has 8 heteroatoms. The van der Waals surface area contributed by atoms with Crippen LogP contribution >= 0.6 is 0 Å². The van der Waals surface area contributed by atoms with E-state index in [1.165, 1.54) is 0 Å². The van der Waals surface area contributed by atoms with Crippen LogP contribution < -0.4 is 28.4 Å². The summed E-state index contributed by atoms with van der Waals surface area (Å²) >= 11 is 0. The van der Waals surface area contributed by atoms with E-state index < -0.39 is 0 Å². The van der Waals surface area contributed by atoms with Gasteiger partial charge >= 0.3 is 0 Å². The third-order valence-corrected chi connectivity index (χ3v) is 9.52. The number of rotatable bonds is 12. The molecular formula is C48H52O8. The first-order valence-electron chi connectivity index (χ1n) is 19.1. The van der Waals surface area contributed by atoms with Crippen molar-refractivity contribution in [1.82, 2.24) is 0 Å². The Balaban J connectivity index is 0.000000214. The van der Waals surface area contributed by atoms with Gasteiger partial charge in [-0.25, -0.2) is 0 Å². The minimum absolute atomic E-state index is 0.120. The minimum atomic E-state index is 0.120. The van der Waals surface area contributed by atoms with E-state index in [1.54, 1.807) is 28.4 Å². The third kappa shape index (κ3) is 11.0. The topological polar surface area (TPSA) is 89.5 Å². The number of carbonyl (C=O) groups is 2. The Hall–Kier alpha value is -6.02. The Bertz CT molecular complexity index is 1930. The van der Waals surface area contributed by atoms with E-state index in [0.29, 0.717) is 36.2 Å². The fourth-order valence-electron chi connectivity index (χ4n) is 6.66. The lowest BCUT2D eigenvalue weighted by Crippen LogP contribution is -2.12. The van der Waals surface area contributed by atoms with Crippen LogP contribution in [-0.4, -0.2) is 53.2 Å². The van der Waals surface area contributed by atoms with Gasteiger partial charge in [-0.2, -0.15) is 0 Å². The second kappa shape index (κ2) is 20.6. The molecule has 2 fully saturated rings. The molecule has 2 saturated carbocycles. The zero-order valence-electron chi connectivity index (χ0n) is 33.3. The van der Waals surface area contributed by atoms with Gasteiger partial charge in [0, 0.05) is 22.3 Å². The largest absolute Gasteiger partial charge is 0.497 e. The maximum Gasteiger partial charge on any atom is 0.185 e. The summed E-state index contributed by atoms with van der Waals surface area (Å²) in [6, 6.07) is 27.0. The predicted octanol–water partition coefficient (Wildman–Crippen LogP) is 10.6. The Morgan fingerprint density at radius 2 is 0.750 bits per heavy atom. The molecule has 0 radical (unpaired) electrons. The molecule has 0 atom stereocenters. The molecule has 0 N–H and O–H groups in total. The van der Waals surface area contributed by atoms with Gasteiger partial charge in [-0.15, -0.1) is 0 Å².